The van der Waals surface area contributed by atoms with Crippen LogP contribution in [0.15, 0.2) is 0 Å². The van der Waals surface area contributed by atoms with Gasteiger partial charge in [0.25, 0.3) is 0 Å². The Hall–Kier alpha value is 24.3. The minimum atomic E-state index is 0. The summed E-state index contributed by atoms with van der Waals surface area (Å²) in [7, 11) is 0. The van der Waals surface area contributed by atoms with Crippen LogP contribution in [-0.4, -0.2) is 0 Å². The average Bonchev–Trinajstić information content (AvgIpc) is 0. The summed E-state index contributed by atoms with van der Waals surface area (Å²) >= 11 is 0. The molecule has 11 radical (unpaired) electrons. The topological polar surface area (TPSA) is 0 Å². The van der Waals surface area contributed by atoms with Crippen molar-refractivity contribution in [1.29, 1.82) is 0 Å². The van der Waals surface area contributed by atoms with Crippen LogP contribution in [0.1, 0.15) is 0 Å². The quantitative estimate of drug-likeness (QED) is 0.300. The molecule has 0 unspecified atom stereocenters. The van der Waals surface area contributed by atoms with E-state index in [2.05, 4.69) is 0 Å². The first-order chi connectivity index (χ1) is 0. The molecule has 0 heterocycles. The van der Waals surface area contributed by atoms with E-state index in [1.54, 1.807) is 0 Å². The van der Waals surface area contributed by atoms with Crippen molar-refractivity contribution in [3.8, 4) is 0 Å². The second-order valence-electron chi connectivity index (χ2n) is 0. The normalized spacial score (nSPS) is 0. The molecule has 0 aromatic carbocycles. The summed E-state index contributed by atoms with van der Waals surface area (Å²) in [6.07, 6.45) is 0. The molecule has 0 aliphatic carbocycles. The van der Waals surface area contributed by atoms with E-state index in [9.17, 15) is 0 Å². The van der Waals surface area contributed by atoms with E-state index in [0.29, 0.717) is 0 Å². The van der Waals surface area contributed by atoms with Gasteiger partial charge in [-0.3, -0.25) is 0 Å². The zero-order valence-corrected chi connectivity index (χ0v) is 62.2. The Morgan fingerprint density at radius 1 is 1.00 bits per heavy atom. The van der Waals surface area contributed by atoms with E-state index in [1.807, 2.05) is 0 Å². The minimum absolute atomic E-state index is 0. The molecule has 0 aliphatic heterocycles. The molecule has 0 aliphatic rings. The van der Waals surface area contributed by atoms with Crippen LogP contribution in [0.25, 0.3) is 0 Å². The van der Waals surface area contributed by atoms with Gasteiger partial charge in [-0.1, -0.05) is 0 Å². The van der Waals surface area contributed by atoms with Crippen LogP contribution < -0.4 is 0 Å². The first kappa shape index (κ1) is 183. The van der Waals surface area contributed by atoms with Crippen LogP contribution in [0, 0.1) is 573 Å². The van der Waals surface area contributed by atoms with Crippen molar-refractivity contribution >= 4 is 0 Å². The van der Waals surface area contributed by atoms with E-state index in [0.717, 1.165) is 0 Å². The molecule has 0 bridgehead atoms. The van der Waals surface area contributed by atoms with Crippen molar-refractivity contribution in [2.75, 3.05) is 0 Å². The predicted octanol–water partition coefficient (Wildman–Crippen LogP) is -0.0225. The van der Waals surface area contributed by atoms with Crippen molar-refractivity contribution < 1.29 is 741 Å². The summed E-state index contributed by atoms with van der Waals surface area (Å²) in [5.41, 5.74) is 0. The van der Waals surface area contributed by atoms with E-state index < -0.39 is 0 Å². The van der Waals surface area contributed by atoms with Gasteiger partial charge < -0.3 is 0 Å². The van der Waals surface area contributed by atoms with Crippen molar-refractivity contribution in [1.82, 2.24) is 0 Å². The molecule has 0 nitrogen and oxygen atoms in total. The molecule has 0 spiro atoms. The molecule has 24 heteroatoms. The SMILES string of the molecule is [Ce+3].[Co+2].[Cr+3].[Cu+2].[Dy+3].[Er+3].[Eu+3].[Fe+2].[Gd+3].[Ho+3].[Mn+2].[Nd+3].[Ni+2].[Np+4].[Pm+3].[Pr+3].[Pu+4].[Sc+3].[Sm+3].[Tb+3].[Ti+4].[Tm+3].[U+4].[V+3]. The Morgan fingerprint density at radius 2 is 1.00 bits per heavy atom. The van der Waals surface area contributed by atoms with Gasteiger partial charge in [-0.05, 0) is 0 Å². The van der Waals surface area contributed by atoms with Gasteiger partial charge >= 0.3 is 741 Å². The maximum atomic E-state index is 0. The van der Waals surface area contributed by atoms with Crippen LogP contribution in [0.3, 0.4) is 0 Å². The van der Waals surface area contributed by atoms with Gasteiger partial charge in [-0.25, -0.2) is 0 Å². The summed E-state index contributed by atoms with van der Waals surface area (Å²) in [5, 5.41) is 0. The molecule has 0 amide bonds. The fourth-order valence-corrected chi connectivity index (χ4v) is 0. The third-order valence-corrected chi connectivity index (χ3v) is 0. The second-order valence-corrected chi connectivity index (χ2v) is 0. The predicted molar refractivity (Wildman–Crippen MR) is 0 cm³/mol. The standard InChI is InChI=1S/Ce.Co.Cr.Cu.Dy.Er.Eu.Fe.Gd.Ho.Mn.Nd.Ni.Np.Pm.Pr.Pu.Sc.Sm.Tb.Ti.Tm.U.V/q+3;+2;+3;+2;3*+3;+2;2*+3;+2;+3;+2;+4;2*+3;+4;3*+3;+4;+3;+4;+3. The summed E-state index contributed by atoms with van der Waals surface area (Å²) in [6.45, 7) is 0. The van der Waals surface area contributed by atoms with Crippen LogP contribution in [0.5, 0.6) is 0 Å². The van der Waals surface area contributed by atoms with Gasteiger partial charge in [0.2, 0.25) is 0 Å². The molecule has 0 aromatic heterocycles. The van der Waals surface area contributed by atoms with Gasteiger partial charge in [0, 0.05) is 0 Å². The van der Waals surface area contributed by atoms with Gasteiger partial charge in [-0.2, -0.15) is 0 Å². The molecular formula is CeCoCrCuDyErEuFeGdHoMnNdNiNpPmPrPuScSmTbTiTmUV+71. The first-order valence-electron chi connectivity index (χ1n) is 0. The molecule has 0 aromatic rings. The molecule has 0 rings (SSSR count). The third kappa shape index (κ3) is 161. The largest absolute Gasteiger partial charge is 4.00 e. The molecule has 99 valence electrons. The third-order valence-electron chi connectivity index (χ3n) is 0. The van der Waals surface area contributed by atoms with Crippen molar-refractivity contribution in [3.05, 3.63) is 0 Å². The van der Waals surface area contributed by atoms with Crippen LogP contribution in [0.2, 0.25) is 0 Å². The molecule has 0 saturated heterocycles. The first-order valence-corrected chi connectivity index (χ1v) is 0. The molecule has 0 atom stereocenters. The number of hydrogen-bond donors (Lipinski definition) is 0. The Balaban J connectivity index is 0. The zero-order chi connectivity index (χ0) is 0. The van der Waals surface area contributed by atoms with Gasteiger partial charge in [0.05, 0.1) is 0 Å². The van der Waals surface area contributed by atoms with Crippen LogP contribution >= 0.6 is 0 Å². The fourth-order valence-electron chi connectivity index (χ4n) is 0. The summed E-state index contributed by atoms with van der Waals surface area (Å²) < 4.78 is 0. The minimum Gasteiger partial charge on any atom is 2.00 e. The Morgan fingerprint density at radius 3 is 1.00 bits per heavy atom. The van der Waals surface area contributed by atoms with Crippen molar-refractivity contribution in [2.24, 2.45) is 0 Å². The van der Waals surface area contributed by atoms with Crippen molar-refractivity contribution in [3.63, 3.8) is 0 Å². The van der Waals surface area contributed by atoms with Gasteiger partial charge in [0.1, 0.15) is 0 Å². The Bertz CT molecular complexity index is 110. The number of hydrogen-bond acceptors (Lipinski definition) is 0. The monoisotopic (exact) mass is 3050 g/mol. The zero-order valence-electron chi connectivity index (χ0n) is 9.65. The van der Waals surface area contributed by atoms with E-state index in [-0.39, 0.29) is 741 Å². The summed E-state index contributed by atoms with van der Waals surface area (Å²) in [5.74, 6) is 0. The maximum absolute atomic E-state index is 0. The van der Waals surface area contributed by atoms with Crippen molar-refractivity contribution in [2.45, 2.75) is 0 Å². The summed E-state index contributed by atoms with van der Waals surface area (Å²) in [6, 6.07) is 0. The van der Waals surface area contributed by atoms with E-state index in [1.165, 1.54) is 0 Å². The Kier molecular flexibility index (Phi) is 1310. The van der Waals surface area contributed by atoms with Crippen LogP contribution in [0.4, 0.5) is 0 Å². The molecule has 0 saturated carbocycles. The molecule has 0 N–H and O–H groups in total. The smallest absolute Gasteiger partial charge is 2.00 e. The van der Waals surface area contributed by atoms with Gasteiger partial charge in [0.15, 0.2) is 0 Å². The molecule has 0 fully saturated rings. The molecule has 24 heavy (non-hydrogen) atoms. The van der Waals surface area contributed by atoms with Crippen LogP contribution in [-0.2, 0) is 168 Å². The number of rotatable bonds is 0. The second kappa shape index (κ2) is 172. The molecular weight excluding hydrogens is 3060 g/mol. The Labute approximate surface area is 712 Å². The van der Waals surface area contributed by atoms with E-state index in [4.69, 9.17) is 0 Å². The van der Waals surface area contributed by atoms with Gasteiger partial charge in [-0.15, -0.1) is 0 Å². The average molecular weight is 3060 g/mol. The van der Waals surface area contributed by atoms with E-state index >= 15 is 0 Å². The fraction of sp³-hybridized carbons (Fsp3) is 0. The maximum Gasteiger partial charge on any atom is 4.00 e. The summed E-state index contributed by atoms with van der Waals surface area (Å²) in [4.78, 5) is 0.